The van der Waals surface area contributed by atoms with Gasteiger partial charge >= 0.3 is 12.0 Å². The molecular formula is C14H24N2O3. The minimum absolute atomic E-state index is 0.231. The van der Waals surface area contributed by atoms with E-state index in [1.165, 1.54) is 0 Å². The highest BCUT2D eigenvalue weighted by Crippen LogP contribution is 2.44. The fraction of sp³-hybridized carbons (Fsp3) is 0.857. The summed E-state index contributed by atoms with van der Waals surface area (Å²) in [5, 5.41) is 14.9. The van der Waals surface area contributed by atoms with E-state index in [9.17, 15) is 14.7 Å². The Morgan fingerprint density at radius 2 is 1.79 bits per heavy atom. The zero-order chi connectivity index (χ0) is 14.1. The van der Waals surface area contributed by atoms with E-state index in [1.54, 1.807) is 0 Å². The fourth-order valence-electron chi connectivity index (χ4n) is 2.59. The first-order valence-electron chi connectivity index (χ1n) is 7.15. The molecule has 2 amide bonds. The van der Waals surface area contributed by atoms with Crippen molar-refractivity contribution in [2.75, 3.05) is 6.54 Å². The van der Waals surface area contributed by atoms with Crippen molar-refractivity contribution in [2.45, 2.75) is 57.9 Å². The van der Waals surface area contributed by atoms with Crippen molar-refractivity contribution in [3.8, 4) is 0 Å². The molecule has 0 radical (unpaired) electrons. The predicted molar refractivity (Wildman–Crippen MR) is 71.9 cm³/mol. The minimum atomic E-state index is -1.07. The molecule has 0 saturated heterocycles. The van der Waals surface area contributed by atoms with Gasteiger partial charge in [-0.15, -0.1) is 0 Å². The topological polar surface area (TPSA) is 78.4 Å². The Kier molecular flexibility index (Phi) is 3.74. The summed E-state index contributed by atoms with van der Waals surface area (Å²) in [6.45, 7) is 4.88. The SMILES string of the molecule is CC1CCC(NC(=O)NCC2(C)CC2)(C(=O)O)CC1. The lowest BCUT2D eigenvalue weighted by atomic mass is 9.77. The van der Waals surface area contributed by atoms with E-state index in [1.807, 2.05) is 0 Å². The maximum atomic E-state index is 11.9. The van der Waals surface area contributed by atoms with Crippen molar-refractivity contribution in [1.82, 2.24) is 10.6 Å². The number of carbonyl (C=O) groups excluding carboxylic acids is 1. The van der Waals surface area contributed by atoms with Gasteiger partial charge in [0.2, 0.25) is 0 Å². The molecule has 0 unspecified atom stereocenters. The van der Waals surface area contributed by atoms with Crippen LogP contribution in [0.1, 0.15) is 52.4 Å². The molecule has 0 heterocycles. The molecule has 0 aromatic heterocycles. The monoisotopic (exact) mass is 268 g/mol. The lowest BCUT2D eigenvalue weighted by molar-refractivity contribution is -0.146. The van der Waals surface area contributed by atoms with Gasteiger partial charge in [-0.25, -0.2) is 9.59 Å². The lowest BCUT2D eigenvalue weighted by Gasteiger charge is -2.36. The van der Waals surface area contributed by atoms with Crippen LogP contribution in [-0.4, -0.2) is 29.2 Å². The molecule has 2 aliphatic carbocycles. The van der Waals surface area contributed by atoms with Crippen molar-refractivity contribution in [2.24, 2.45) is 11.3 Å². The molecule has 5 heteroatoms. The minimum Gasteiger partial charge on any atom is -0.480 e. The maximum absolute atomic E-state index is 11.9. The normalized spacial score (nSPS) is 32.4. The number of carboxylic acids is 1. The third-order valence-corrected chi connectivity index (χ3v) is 4.67. The third kappa shape index (κ3) is 3.39. The molecule has 3 N–H and O–H groups in total. The van der Waals surface area contributed by atoms with Crippen LogP contribution in [0, 0.1) is 11.3 Å². The van der Waals surface area contributed by atoms with E-state index in [0.717, 1.165) is 25.7 Å². The van der Waals surface area contributed by atoms with Gasteiger partial charge in [0.25, 0.3) is 0 Å². The van der Waals surface area contributed by atoms with Crippen molar-refractivity contribution in [1.29, 1.82) is 0 Å². The molecule has 108 valence electrons. The van der Waals surface area contributed by atoms with Crippen LogP contribution < -0.4 is 10.6 Å². The largest absolute Gasteiger partial charge is 0.480 e. The molecule has 2 rings (SSSR count). The summed E-state index contributed by atoms with van der Waals surface area (Å²) in [6.07, 6.45) is 5.01. The molecule has 2 fully saturated rings. The van der Waals surface area contributed by atoms with Crippen LogP contribution in [0.25, 0.3) is 0 Å². The van der Waals surface area contributed by atoms with E-state index >= 15 is 0 Å². The number of urea groups is 1. The Hall–Kier alpha value is -1.26. The van der Waals surface area contributed by atoms with Crippen LogP contribution in [0.2, 0.25) is 0 Å². The Bertz CT molecular complexity index is 369. The molecule has 0 aliphatic heterocycles. The van der Waals surface area contributed by atoms with Gasteiger partial charge < -0.3 is 15.7 Å². The molecule has 0 atom stereocenters. The molecule has 0 spiro atoms. The average Bonchev–Trinajstić information content (AvgIpc) is 3.09. The summed E-state index contributed by atoms with van der Waals surface area (Å²) < 4.78 is 0. The Balaban J connectivity index is 1.89. The smallest absolute Gasteiger partial charge is 0.329 e. The van der Waals surface area contributed by atoms with E-state index in [-0.39, 0.29) is 11.4 Å². The highest BCUT2D eigenvalue weighted by atomic mass is 16.4. The maximum Gasteiger partial charge on any atom is 0.329 e. The van der Waals surface area contributed by atoms with Crippen LogP contribution in [0.5, 0.6) is 0 Å². The molecule has 0 aromatic carbocycles. The number of aliphatic carboxylic acids is 1. The number of hydrogen-bond donors (Lipinski definition) is 3. The van der Waals surface area contributed by atoms with Crippen molar-refractivity contribution >= 4 is 12.0 Å². The summed E-state index contributed by atoms with van der Waals surface area (Å²) in [4.78, 5) is 23.4. The van der Waals surface area contributed by atoms with E-state index < -0.39 is 11.5 Å². The van der Waals surface area contributed by atoms with Gasteiger partial charge in [0, 0.05) is 6.54 Å². The molecule has 0 bridgehead atoms. The first-order chi connectivity index (χ1) is 8.85. The Labute approximate surface area is 114 Å². The molecule has 2 saturated carbocycles. The number of amides is 2. The van der Waals surface area contributed by atoms with Crippen LogP contribution in [0.15, 0.2) is 0 Å². The summed E-state index contributed by atoms with van der Waals surface area (Å²) in [5.74, 6) is -0.366. The van der Waals surface area contributed by atoms with E-state index in [4.69, 9.17) is 0 Å². The first kappa shape index (κ1) is 14.2. The zero-order valence-corrected chi connectivity index (χ0v) is 11.8. The number of hydrogen-bond acceptors (Lipinski definition) is 2. The summed E-state index contributed by atoms with van der Waals surface area (Å²) in [6, 6.07) is -0.343. The average molecular weight is 268 g/mol. The highest BCUT2D eigenvalue weighted by Gasteiger charge is 2.43. The number of carboxylic acid groups (broad SMARTS) is 1. The highest BCUT2D eigenvalue weighted by molar-refractivity contribution is 5.86. The second kappa shape index (κ2) is 5.02. The zero-order valence-electron chi connectivity index (χ0n) is 11.8. The van der Waals surface area contributed by atoms with Crippen molar-refractivity contribution < 1.29 is 14.7 Å². The van der Waals surface area contributed by atoms with Gasteiger partial charge in [-0.1, -0.05) is 13.8 Å². The van der Waals surface area contributed by atoms with Crippen molar-refractivity contribution in [3.63, 3.8) is 0 Å². The number of rotatable bonds is 4. The molecule has 0 aromatic rings. The second-order valence-corrected chi connectivity index (χ2v) is 6.69. The molecule has 19 heavy (non-hydrogen) atoms. The molecule has 2 aliphatic rings. The molecular weight excluding hydrogens is 244 g/mol. The van der Waals surface area contributed by atoms with Crippen LogP contribution >= 0.6 is 0 Å². The van der Waals surface area contributed by atoms with Gasteiger partial charge in [-0.05, 0) is 49.9 Å². The Morgan fingerprint density at radius 1 is 1.21 bits per heavy atom. The second-order valence-electron chi connectivity index (χ2n) is 6.69. The van der Waals surface area contributed by atoms with Crippen LogP contribution in [0.3, 0.4) is 0 Å². The molecule has 5 nitrogen and oxygen atoms in total. The summed E-state index contributed by atoms with van der Waals surface area (Å²) >= 11 is 0. The summed E-state index contributed by atoms with van der Waals surface area (Å²) in [7, 11) is 0. The first-order valence-corrected chi connectivity index (χ1v) is 7.15. The third-order valence-electron chi connectivity index (χ3n) is 4.67. The lowest BCUT2D eigenvalue weighted by Crippen LogP contribution is -2.58. The van der Waals surface area contributed by atoms with Gasteiger partial charge in [0.1, 0.15) is 5.54 Å². The van der Waals surface area contributed by atoms with Crippen LogP contribution in [0.4, 0.5) is 4.79 Å². The van der Waals surface area contributed by atoms with E-state index in [0.29, 0.717) is 25.3 Å². The van der Waals surface area contributed by atoms with Gasteiger partial charge in [0.05, 0.1) is 0 Å². The van der Waals surface area contributed by atoms with Crippen LogP contribution in [-0.2, 0) is 4.79 Å². The standard InChI is InChI=1S/C14H24N2O3/c1-10-3-5-14(6-4-10,11(17)18)16-12(19)15-9-13(2)7-8-13/h10H,3-9H2,1-2H3,(H,17,18)(H2,15,16,19). The van der Waals surface area contributed by atoms with Gasteiger partial charge in [0.15, 0.2) is 0 Å². The quantitative estimate of drug-likeness (QED) is 0.730. The van der Waals surface area contributed by atoms with Gasteiger partial charge in [-0.2, -0.15) is 0 Å². The summed E-state index contributed by atoms with van der Waals surface area (Å²) in [5.41, 5.74) is -0.837. The fourth-order valence-corrected chi connectivity index (χ4v) is 2.59. The number of nitrogens with one attached hydrogen (secondary N) is 2. The van der Waals surface area contributed by atoms with Crippen molar-refractivity contribution in [3.05, 3.63) is 0 Å². The predicted octanol–water partition coefficient (Wildman–Crippen LogP) is 2.12. The van der Waals surface area contributed by atoms with E-state index in [2.05, 4.69) is 24.5 Å². The number of carbonyl (C=O) groups is 2. The Morgan fingerprint density at radius 3 is 2.26 bits per heavy atom. The van der Waals surface area contributed by atoms with Gasteiger partial charge in [-0.3, -0.25) is 0 Å².